The molecule has 1 fully saturated rings. The van der Waals surface area contributed by atoms with E-state index in [1.54, 1.807) is 6.07 Å². The Morgan fingerprint density at radius 2 is 2.16 bits per heavy atom. The first-order chi connectivity index (χ1) is 8.61. The molecule has 1 heterocycles. The van der Waals surface area contributed by atoms with E-state index < -0.39 is 0 Å². The molecule has 1 aliphatic heterocycles. The van der Waals surface area contributed by atoms with Gasteiger partial charge in [0, 0.05) is 19.1 Å². The molecule has 0 bridgehead atoms. The number of nitrogens with two attached hydrogens (primary N) is 1. The average Bonchev–Trinajstić information content (AvgIpc) is 2.34. The van der Waals surface area contributed by atoms with Crippen molar-refractivity contribution in [1.29, 1.82) is 0 Å². The van der Waals surface area contributed by atoms with Gasteiger partial charge in [-0.25, -0.2) is 4.39 Å². The Labute approximate surface area is 121 Å². The third-order valence-corrected chi connectivity index (χ3v) is 4.08. The number of piperidine rings is 1. The van der Waals surface area contributed by atoms with Gasteiger partial charge in [-0.3, -0.25) is 4.90 Å². The Bertz CT molecular complexity index is 411. The maximum Gasteiger partial charge on any atom is 0.126 e. The predicted octanol–water partition coefficient (Wildman–Crippen LogP) is 3.12. The highest BCUT2D eigenvalue weighted by molar-refractivity contribution is 5.85. The van der Waals surface area contributed by atoms with Crippen LogP contribution in [0.3, 0.4) is 0 Å². The number of aryl methyl sites for hydroxylation is 1. The summed E-state index contributed by atoms with van der Waals surface area (Å²) < 4.78 is 13.2. The van der Waals surface area contributed by atoms with Crippen LogP contribution in [0.5, 0.6) is 0 Å². The van der Waals surface area contributed by atoms with Gasteiger partial charge in [0.25, 0.3) is 0 Å². The number of halogens is 2. The molecule has 0 amide bonds. The molecule has 4 heteroatoms. The first-order valence-corrected chi connectivity index (χ1v) is 6.81. The lowest BCUT2D eigenvalue weighted by Crippen LogP contribution is -2.48. The molecule has 0 aromatic heterocycles. The summed E-state index contributed by atoms with van der Waals surface area (Å²) in [4.78, 5) is 2.45. The molecule has 1 saturated heterocycles. The normalized spacial score (nSPS) is 24.0. The van der Waals surface area contributed by atoms with Gasteiger partial charge in [0.05, 0.1) is 0 Å². The molecule has 0 saturated carbocycles. The lowest BCUT2D eigenvalue weighted by atomic mass is 9.90. The largest absolute Gasteiger partial charge is 0.329 e. The van der Waals surface area contributed by atoms with Crippen LogP contribution in [0.25, 0.3) is 0 Å². The second-order valence-electron chi connectivity index (χ2n) is 5.48. The highest BCUT2D eigenvalue weighted by atomic mass is 35.5. The molecular formula is C15H24ClFN2. The van der Waals surface area contributed by atoms with E-state index in [4.69, 9.17) is 5.73 Å². The van der Waals surface area contributed by atoms with E-state index in [0.29, 0.717) is 18.5 Å². The van der Waals surface area contributed by atoms with Gasteiger partial charge in [0.1, 0.15) is 5.82 Å². The zero-order valence-corrected chi connectivity index (χ0v) is 12.5. The average molecular weight is 287 g/mol. The van der Waals surface area contributed by atoms with Crippen molar-refractivity contribution in [3.05, 3.63) is 35.1 Å². The van der Waals surface area contributed by atoms with Crippen molar-refractivity contribution >= 4 is 12.4 Å². The number of likely N-dealkylation sites (tertiary alicyclic amines) is 1. The molecule has 1 aliphatic rings. The predicted molar refractivity (Wildman–Crippen MR) is 80.0 cm³/mol. The Kier molecular flexibility index (Phi) is 6.24. The number of nitrogens with zero attached hydrogens (tertiary/aromatic N) is 1. The van der Waals surface area contributed by atoms with Crippen LogP contribution in [-0.2, 0) is 6.54 Å². The highest BCUT2D eigenvalue weighted by Crippen LogP contribution is 2.24. The van der Waals surface area contributed by atoms with E-state index in [9.17, 15) is 4.39 Å². The van der Waals surface area contributed by atoms with Crippen LogP contribution >= 0.6 is 12.4 Å². The van der Waals surface area contributed by atoms with Gasteiger partial charge in [0.15, 0.2) is 0 Å². The van der Waals surface area contributed by atoms with Gasteiger partial charge in [-0.2, -0.15) is 0 Å². The first-order valence-electron chi connectivity index (χ1n) is 6.81. The van der Waals surface area contributed by atoms with E-state index in [1.807, 2.05) is 19.1 Å². The number of hydrogen-bond acceptors (Lipinski definition) is 2. The van der Waals surface area contributed by atoms with Gasteiger partial charge in [-0.05, 0) is 49.4 Å². The molecule has 0 aliphatic carbocycles. The molecule has 0 spiro atoms. The fourth-order valence-electron chi connectivity index (χ4n) is 2.95. The van der Waals surface area contributed by atoms with Gasteiger partial charge < -0.3 is 5.73 Å². The molecule has 2 unspecified atom stereocenters. The molecule has 2 N–H and O–H groups in total. The van der Waals surface area contributed by atoms with E-state index in [2.05, 4.69) is 11.8 Å². The minimum atomic E-state index is -0.124. The molecule has 2 nitrogen and oxygen atoms in total. The van der Waals surface area contributed by atoms with Crippen LogP contribution in [0.2, 0.25) is 0 Å². The summed E-state index contributed by atoms with van der Waals surface area (Å²) in [5.41, 5.74) is 7.80. The van der Waals surface area contributed by atoms with Crippen molar-refractivity contribution in [2.45, 2.75) is 39.3 Å². The monoisotopic (exact) mass is 286 g/mol. The van der Waals surface area contributed by atoms with Crippen molar-refractivity contribution in [1.82, 2.24) is 4.90 Å². The fourth-order valence-corrected chi connectivity index (χ4v) is 2.95. The number of hydrogen-bond donors (Lipinski definition) is 1. The minimum absolute atomic E-state index is 0. The van der Waals surface area contributed by atoms with Crippen LogP contribution < -0.4 is 5.73 Å². The summed E-state index contributed by atoms with van der Waals surface area (Å²) in [6.45, 7) is 6.79. The molecule has 2 rings (SSSR count). The smallest absolute Gasteiger partial charge is 0.126 e. The van der Waals surface area contributed by atoms with Crippen molar-refractivity contribution in [3.8, 4) is 0 Å². The van der Waals surface area contributed by atoms with Gasteiger partial charge in [-0.15, -0.1) is 12.4 Å². The second kappa shape index (κ2) is 7.22. The first kappa shape index (κ1) is 16.4. The lowest BCUT2D eigenvalue weighted by Gasteiger charge is -2.39. The van der Waals surface area contributed by atoms with Crippen molar-refractivity contribution < 1.29 is 4.39 Å². The van der Waals surface area contributed by atoms with E-state index in [-0.39, 0.29) is 18.2 Å². The van der Waals surface area contributed by atoms with Crippen LogP contribution in [0.15, 0.2) is 18.2 Å². The Balaban J connectivity index is 0.00000180. The summed E-state index contributed by atoms with van der Waals surface area (Å²) in [5, 5.41) is 0. The number of benzene rings is 1. The fraction of sp³-hybridized carbons (Fsp3) is 0.600. The molecule has 1 aromatic rings. The van der Waals surface area contributed by atoms with Crippen LogP contribution in [-0.4, -0.2) is 24.0 Å². The lowest BCUT2D eigenvalue weighted by molar-refractivity contribution is 0.0990. The van der Waals surface area contributed by atoms with E-state index in [0.717, 1.165) is 18.7 Å². The topological polar surface area (TPSA) is 29.3 Å². The third-order valence-electron chi connectivity index (χ3n) is 4.08. The molecule has 19 heavy (non-hydrogen) atoms. The van der Waals surface area contributed by atoms with Gasteiger partial charge in [0.2, 0.25) is 0 Å². The summed E-state index contributed by atoms with van der Waals surface area (Å²) in [5.74, 6) is 0.534. The van der Waals surface area contributed by atoms with Crippen molar-refractivity contribution in [2.75, 3.05) is 13.1 Å². The maximum absolute atomic E-state index is 13.2. The quantitative estimate of drug-likeness (QED) is 0.925. The summed E-state index contributed by atoms with van der Waals surface area (Å²) in [6, 6.07) is 5.86. The Hall–Kier alpha value is -0.640. The number of rotatable bonds is 3. The molecule has 108 valence electrons. The third kappa shape index (κ3) is 3.91. The summed E-state index contributed by atoms with van der Waals surface area (Å²) in [6.07, 6.45) is 2.50. The minimum Gasteiger partial charge on any atom is -0.329 e. The summed E-state index contributed by atoms with van der Waals surface area (Å²) >= 11 is 0. The molecule has 2 atom stereocenters. The zero-order chi connectivity index (χ0) is 13.1. The SMILES string of the molecule is Cc1cc(CN2CCCC(C)C2CN)ccc1F.Cl. The van der Waals surface area contributed by atoms with Crippen LogP contribution in [0, 0.1) is 18.7 Å². The van der Waals surface area contributed by atoms with Crippen molar-refractivity contribution in [3.63, 3.8) is 0 Å². The molecular weight excluding hydrogens is 263 g/mol. The Morgan fingerprint density at radius 3 is 2.79 bits per heavy atom. The summed E-state index contributed by atoms with van der Waals surface area (Å²) in [7, 11) is 0. The molecule has 0 radical (unpaired) electrons. The second-order valence-corrected chi connectivity index (χ2v) is 5.48. The van der Waals surface area contributed by atoms with Gasteiger partial charge >= 0.3 is 0 Å². The van der Waals surface area contributed by atoms with Gasteiger partial charge in [-0.1, -0.05) is 19.1 Å². The van der Waals surface area contributed by atoms with E-state index >= 15 is 0 Å². The van der Waals surface area contributed by atoms with Crippen molar-refractivity contribution in [2.24, 2.45) is 11.7 Å². The van der Waals surface area contributed by atoms with Crippen LogP contribution in [0.1, 0.15) is 30.9 Å². The maximum atomic E-state index is 13.2. The van der Waals surface area contributed by atoms with E-state index in [1.165, 1.54) is 18.4 Å². The highest BCUT2D eigenvalue weighted by Gasteiger charge is 2.27. The van der Waals surface area contributed by atoms with Crippen LogP contribution in [0.4, 0.5) is 4.39 Å². The zero-order valence-electron chi connectivity index (χ0n) is 11.7. The Morgan fingerprint density at radius 1 is 1.42 bits per heavy atom. The molecule has 1 aromatic carbocycles. The standard InChI is InChI=1S/C15H23FN2.ClH/c1-11-4-3-7-18(15(11)9-17)10-13-5-6-14(16)12(2)8-13;/h5-6,8,11,15H,3-4,7,9-10,17H2,1-2H3;1H.